The molecule has 1 N–H and O–H groups in total. The topological polar surface area (TPSA) is 50.2 Å². The standard InChI is InChI=1S/C16H19ClN4O/c1-11-9-18-6-7-20(11)16(22)15-10-19-21(12(15)2)14-5-3-4-13(17)8-14/h3-5,8,10-11,18H,6-7,9H2,1-2H3/t11-/m0/s1. The number of piperazine rings is 1. The number of benzene rings is 1. The second-order valence-corrected chi connectivity index (χ2v) is 6.02. The van der Waals surface area contributed by atoms with Crippen molar-refractivity contribution in [2.75, 3.05) is 19.6 Å². The molecule has 0 radical (unpaired) electrons. The number of aromatic nitrogens is 2. The van der Waals surface area contributed by atoms with Crippen LogP contribution in [0.3, 0.4) is 0 Å². The van der Waals surface area contributed by atoms with Gasteiger partial charge in [0.2, 0.25) is 0 Å². The first-order valence-corrected chi connectivity index (χ1v) is 7.78. The van der Waals surface area contributed by atoms with Crippen LogP contribution in [0, 0.1) is 6.92 Å². The molecule has 0 bridgehead atoms. The van der Waals surface area contributed by atoms with E-state index in [0.29, 0.717) is 10.6 Å². The molecule has 1 saturated heterocycles. The summed E-state index contributed by atoms with van der Waals surface area (Å²) in [6, 6.07) is 7.64. The monoisotopic (exact) mass is 318 g/mol. The van der Waals surface area contributed by atoms with Crippen molar-refractivity contribution in [1.29, 1.82) is 0 Å². The Labute approximate surface area is 134 Å². The summed E-state index contributed by atoms with van der Waals surface area (Å²) in [5.41, 5.74) is 2.34. The fraction of sp³-hybridized carbons (Fsp3) is 0.375. The van der Waals surface area contributed by atoms with Gasteiger partial charge in [0.05, 0.1) is 23.1 Å². The van der Waals surface area contributed by atoms with E-state index >= 15 is 0 Å². The minimum Gasteiger partial charge on any atom is -0.333 e. The average Bonchev–Trinajstić information content (AvgIpc) is 2.89. The molecule has 6 heteroatoms. The van der Waals surface area contributed by atoms with E-state index in [1.54, 1.807) is 10.9 Å². The third kappa shape index (κ3) is 2.74. The molecule has 0 saturated carbocycles. The molecular formula is C16H19ClN4O. The Morgan fingerprint density at radius 3 is 3.00 bits per heavy atom. The van der Waals surface area contributed by atoms with E-state index < -0.39 is 0 Å². The van der Waals surface area contributed by atoms with Crippen molar-refractivity contribution in [3.8, 4) is 5.69 Å². The van der Waals surface area contributed by atoms with Crippen molar-refractivity contribution in [3.05, 3.63) is 46.7 Å². The van der Waals surface area contributed by atoms with E-state index in [9.17, 15) is 4.79 Å². The zero-order valence-electron chi connectivity index (χ0n) is 12.7. The minimum atomic E-state index is 0.0415. The Bertz CT molecular complexity index is 697. The van der Waals surface area contributed by atoms with E-state index in [4.69, 9.17) is 11.6 Å². The summed E-state index contributed by atoms with van der Waals surface area (Å²) in [6.45, 7) is 6.35. The van der Waals surface area contributed by atoms with Gasteiger partial charge >= 0.3 is 0 Å². The number of nitrogens with one attached hydrogen (secondary N) is 1. The highest BCUT2D eigenvalue weighted by Crippen LogP contribution is 2.19. The molecule has 1 aliphatic rings. The number of hydrogen-bond acceptors (Lipinski definition) is 3. The van der Waals surface area contributed by atoms with Gasteiger partial charge in [-0.2, -0.15) is 5.10 Å². The molecule has 1 aliphatic heterocycles. The van der Waals surface area contributed by atoms with Crippen LogP contribution in [0.25, 0.3) is 5.69 Å². The Hall–Kier alpha value is -1.85. The SMILES string of the molecule is Cc1c(C(=O)N2CCNC[C@@H]2C)cnn1-c1cccc(Cl)c1. The van der Waals surface area contributed by atoms with Crippen LogP contribution in [0.15, 0.2) is 30.5 Å². The highest BCUT2D eigenvalue weighted by Gasteiger charge is 2.26. The molecule has 1 aromatic heterocycles. The Balaban J connectivity index is 1.91. The lowest BCUT2D eigenvalue weighted by Crippen LogP contribution is -2.52. The molecule has 2 aromatic rings. The van der Waals surface area contributed by atoms with Crippen LogP contribution < -0.4 is 5.32 Å². The van der Waals surface area contributed by atoms with Crippen LogP contribution in [0.4, 0.5) is 0 Å². The van der Waals surface area contributed by atoms with Gasteiger partial charge < -0.3 is 10.2 Å². The van der Waals surface area contributed by atoms with E-state index in [2.05, 4.69) is 17.3 Å². The fourth-order valence-electron chi connectivity index (χ4n) is 2.79. The van der Waals surface area contributed by atoms with Crippen molar-refractivity contribution in [2.24, 2.45) is 0 Å². The van der Waals surface area contributed by atoms with E-state index in [0.717, 1.165) is 31.0 Å². The molecule has 22 heavy (non-hydrogen) atoms. The van der Waals surface area contributed by atoms with Gasteiger partial charge in [-0.25, -0.2) is 4.68 Å². The predicted octanol–water partition coefficient (Wildman–Crippen LogP) is 2.27. The third-order valence-electron chi connectivity index (χ3n) is 4.06. The summed E-state index contributed by atoms with van der Waals surface area (Å²) in [5.74, 6) is 0.0415. The first-order chi connectivity index (χ1) is 10.6. The molecule has 116 valence electrons. The second kappa shape index (κ2) is 6.10. The van der Waals surface area contributed by atoms with Gasteiger partial charge in [0, 0.05) is 30.7 Å². The molecule has 0 aliphatic carbocycles. The van der Waals surface area contributed by atoms with Gasteiger partial charge in [-0.1, -0.05) is 17.7 Å². The lowest BCUT2D eigenvalue weighted by molar-refractivity contribution is 0.0655. The van der Waals surface area contributed by atoms with Crippen LogP contribution in [-0.4, -0.2) is 46.3 Å². The van der Waals surface area contributed by atoms with Gasteiger partial charge in [-0.3, -0.25) is 4.79 Å². The van der Waals surface area contributed by atoms with Gasteiger partial charge in [0.1, 0.15) is 0 Å². The van der Waals surface area contributed by atoms with E-state index in [-0.39, 0.29) is 11.9 Å². The van der Waals surface area contributed by atoms with Crippen LogP contribution in [0.5, 0.6) is 0 Å². The molecular weight excluding hydrogens is 300 g/mol. The zero-order valence-corrected chi connectivity index (χ0v) is 13.5. The van der Waals surface area contributed by atoms with Crippen LogP contribution >= 0.6 is 11.6 Å². The molecule has 1 fully saturated rings. The fourth-order valence-corrected chi connectivity index (χ4v) is 2.97. The first-order valence-electron chi connectivity index (χ1n) is 7.40. The Kier molecular flexibility index (Phi) is 4.18. The molecule has 1 aromatic carbocycles. The number of rotatable bonds is 2. The maximum absolute atomic E-state index is 12.8. The molecule has 1 atom stereocenters. The summed E-state index contributed by atoms with van der Waals surface area (Å²) >= 11 is 6.03. The number of carbonyl (C=O) groups is 1. The summed E-state index contributed by atoms with van der Waals surface area (Å²) in [7, 11) is 0. The van der Waals surface area contributed by atoms with Crippen LogP contribution in [0.1, 0.15) is 23.0 Å². The maximum atomic E-state index is 12.8. The number of amides is 1. The number of carbonyl (C=O) groups excluding carboxylic acids is 1. The van der Waals surface area contributed by atoms with Gasteiger partial charge in [0.25, 0.3) is 5.91 Å². The summed E-state index contributed by atoms with van der Waals surface area (Å²) in [6.07, 6.45) is 1.65. The third-order valence-corrected chi connectivity index (χ3v) is 4.29. The summed E-state index contributed by atoms with van der Waals surface area (Å²) < 4.78 is 1.76. The van der Waals surface area contributed by atoms with Crippen molar-refractivity contribution in [1.82, 2.24) is 20.0 Å². The highest BCUT2D eigenvalue weighted by atomic mass is 35.5. The highest BCUT2D eigenvalue weighted by molar-refractivity contribution is 6.30. The Morgan fingerprint density at radius 1 is 1.45 bits per heavy atom. The van der Waals surface area contributed by atoms with Crippen molar-refractivity contribution in [3.63, 3.8) is 0 Å². The molecule has 1 amide bonds. The second-order valence-electron chi connectivity index (χ2n) is 5.59. The molecule has 5 nitrogen and oxygen atoms in total. The minimum absolute atomic E-state index is 0.0415. The first kappa shape index (κ1) is 15.1. The van der Waals surface area contributed by atoms with Crippen molar-refractivity contribution in [2.45, 2.75) is 19.9 Å². The quantitative estimate of drug-likeness (QED) is 0.924. The summed E-state index contributed by atoms with van der Waals surface area (Å²) in [5, 5.41) is 8.31. The summed E-state index contributed by atoms with van der Waals surface area (Å²) in [4.78, 5) is 14.7. The Morgan fingerprint density at radius 2 is 2.27 bits per heavy atom. The van der Waals surface area contributed by atoms with E-state index in [1.807, 2.05) is 36.1 Å². The van der Waals surface area contributed by atoms with Crippen molar-refractivity contribution >= 4 is 17.5 Å². The number of nitrogens with zero attached hydrogens (tertiary/aromatic N) is 3. The smallest absolute Gasteiger partial charge is 0.257 e. The normalized spacial score (nSPS) is 18.5. The van der Waals surface area contributed by atoms with Gasteiger partial charge in [0.15, 0.2) is 0 Å². The lowest BCUT2D eigenvalue weighted by Gasteiger charge is -2.33. The van der Waals surface area contributed by atoms with Gasteiger partial charge in [-0.05, 0) is 32.0 Å². The maximum Gasteiger partial charge on any atom is 0.257 e. The van der Waals surface area contributed by atoms with Crippen molar-refractivity contribution < 1.29 is 4.79 Å². The number of halogens is 1. The van der Waals surface area contributed by atoms with Gasteiger partial charge in [-0.15, -0.1) is 0 Å². The molecule has 3 rings (SSSR count). The average molecular weight is 319 g/mol. The molecule has 2 heterocycles. The molecule has 0 spiro atoms. The largest absolute Gasteiger partial charge is 0.333 e. The zero-order chi connectivity index (χ0) is 15.7. The van der Waals surface area contributed by atoms with Crippen LogP contribution in [-0.2, 0) is 0 Å². The molecule has 0 unspecified atom stereocenters. The lowest BCUT2D eigenvalue weighted by atomic mass is 10.1. The van der Waals surface area contributed by atoms with E-state index in [1.165, 1.54) is 0 Å². The number of hydrogen-bond donors (Lipinski definition) is 1. The van der Waals surface area contributed by atoms with Crippen LogP contribution in [0.2, 0.25) is 5.02 Å². The predicted molar refractivity (Wildman–Crippen MR) is 86.7 cm³/mol.